The Bertz CT molecular complexity index is 499. The molecule has 1 aromatic carbocycles. The minimum atomic E-state index is -5.39. The van der Waals surface area contributed by atoms with Crippen molar-refractivity contribution in [2.75, 3.05) is 11.3 Å². The van der Waals surface area contributed by atoms with Crippen molar-refractivity contribution in [1.82, 2.24) is 0 Å². The van der Waals surface area contributed by atoms with Crippen LogP contribution in [0.1, 0.15) is 12.0 Å². The molecule has 0 aromatic heterocycles. The molecular weight excluding hydrogens is 271 g/mol. The number of aliphatic hydroxyl groups is 1. The fourth-order valence-electron chi connectivity index (χ4n) is 1.29. The summed E-state index contributed by atoms with van der Waals surface area (Å²) in [5.74, 6) is 0. The summed E-state index contributed by atoms with van der Waals surface area (Å²) in [7, 11) is -5.39. The summed E-state index contributed by atoms with van der Waals surface area (Å²) in [5, 5.41) is 8.63. The molecule has 0 amide bonds. The van der Waals surface area contributed by atoms with Crippen molar-refractivity contribution in [3.8, 4) is 0 Å². The average Bonchev–Trinajstić information content (AvgIpc) is 2.24. The topological polar surface area (TPSA) is 66.4 Å². The molecule has 0 saturated carbocycles. The van der Waals surface area contributed by atoms with Gasteiger partial charge in [0, 0.05) is 12.3 Å². The number of hydrogen-bond acceptors (Lipinski definition) is 3. The van der Waals surface area contributed by atoms with E-state index in [1.54, 1.807) is 6.07 Å². The van der Waals surface area contributed by atoms with Gasteiger partial charge in [0.05, 0.1) is 0 Å². The normalized spacial score (nSPS) is 12.4. The first kappa shape index (κ1) is 14.8. The van der Waals surface area contributed by atoms with Gasteiger partial charge in [-0.2, -0.15) is 21.6 Å². The highest BCUT2D eigenvalue weighted by molar-refractivity contribution is 7.93. The van der Waals surface area contributed by atoms with E-state index in [-0.39, 0.29) is 12.3 Å². The van der Waals surface area contributed by atoms with Crippen molar-refractivity contribution >= 4 is 15.7 Å². The molecule has 0 aliphatic heterocycles. The van der Waals surface area contributed by atoms with Gasteiger partial charge in [0.25, 0.3) is 0 Å². The maximum atomic E-state index is 12.1. The zero-order valence-electron chi connectivity index (χ0n) is 9.24. The predicted molar refractivity (Wildman–Crippen MR) is 60.4 cm³/mol. The van der Waals surface area contributed by atoms with Crippen LogP contribution in [0.5, 0.6) is 0 Å². The van der Waals surface area contributed by atoms with Gasteiger partial charge in [0.1, 0.15) is 0 Å². The van der Waals surface area contributed by atoms with Gasteiger partial charge >= 0.3 is 15.5 Å². The molecule has 8 heteroatoms. The van der Waals surface area contributed by atoms with Crippen molar-refractivity contribution in [3.05, 3.63) is 29.8 Å². The Morgan fingerprint density at radius 2 is 1.94 bits per heavy atom. The van der Waals surface area contributed by atoms with Crippen LogP contribution >= 0.6 is 0 Å². The standard InChI is InChI=1S/C10H12F3NO3S/c11-10(12,13)18(16,17)14-9-5-1-3-8(7-9)4-2-6-15/h1,3,5,7,14-15H,2,4,6H2. The van der Waals surface area contributed by atoms with E-state index < -0.39 is 15.5 Å². The highest BCUT2D eigenvalue weighted by atomic mass is 32.2. The van der Waals surface area contributed by atoms with Crippen LogP contribution in [0.4, 0.5) is 18.9 Å². The number of hydrogen-bond donors (Lipinski definition) is 2. The summed E-state index contributed by atoms with van der Waals surface area (Å²) in [6.45, 7) is -0.0431. The lowest BCUT2D eigenvalue weighted by atomic mass is 10.1. The molecule has 0 heterocycles. The van der Waals surface area contributed by atoms with Gasteiger partial charge in [-0.3, -0.25) is 4.72 Å². The van der Waals surface area contributed by atoms with Crippen molar-refractivity contribution in [2.24, 2.45) is 0 Å². The van der Waals surface area contributed by atoms with Crippen molar-refractivity contribution in [2.45, 2.75) is 18.3 Å². The molecule has 0 fully saturated rings. The Morgan fingerprint density at radius 3 is 2.50 bits per heavy atom. The van der Waals surface area contributed by atoms with Gasteiger partial charge in [-0.25, -0.2) is 0 Å². The van der Waals surface area contributed by atoms with Crippen LogP contribution in [-0.4, -0.2) is 25.6 Å². The minimum absolute atomic E-state index is 0.0431. The smallest absolute Gasteiger partial charge is 0.396 e. The maximum Gasteiger partial charge on any atom is 0.516 e. The Balaban J connectivity index is 2.86. The molecule has 0 unspecified atom stereocenters. The van der Waals surface area contributed by atoms with E-state index in [2.05, 4.69) is 0 Å². The van der Waals surface area contributed by atoms with Gasteiger partial charge in [-0.15, -0.1) is 0 Å². The second-order valence-corrected chi connectivity index (χ2v) is 5.25. The summed E-state index contributed by atoms with van der Waals surface area (Å²) >= 11 is 0. The summed E-state index contributed by atoms with van der Waals surface area (Å²) in [5.41, 5.74) is -4.84. The molecule has 102 valence electrons. The second-order valence-electron chi connectivity index (χ2n) is 3.58. The SMILES string of the molecule is O=S(=O)(Nc1cccc(CCCO)c1)C(F)(F)F. The Kier molecular flexibility index (Phi) is 4.58. The molecule has 0 spiro atoms. The van der Waals surface area contributed by atoms with Crippen molar-refractivity contribution in [1.29, 1.82) is 0 Å². The number of sulfonamides is 1. The zero-order chi connectivity index (χ0) is 13.8. The largest absolute Gasteiger partial charge is 0.516 e. The van der Waals surface area contributed by atoms with Crippen LogP contribution in [0.2, 0.25) is 0 Å². The number of rotatable bonds is 5. The molecule has 18 heavy (non-hydrogen) atoms. The van der Waals surface area contributed by atoms with Crippen LogP contribution in [0, 0.1) is 0 Å². The van der Waals surface area contributed by atoms with E-state index in [9.17, 15) is 21.6 Å². The molecule has 0 radical (unpaired) electrons. The first-order valence-corrected chi connectivity index (χ1v) is 6.53. The maximum absolute atomic E-state index is 12.1. The molecule has 2 N–H and O–H groups in total. The molecule has 0 bridgehead atoms. The first-order chi connectivity index (χ1) is 8.26. The lowest BCUT2D eigenvalue weighted by molar-refractivity contribution is -0.0429. The van der Waals surface area contributed by atoms with E-state index in [0.29, 0.717) is 18.4 Å². The molecule has 1 aromatic rings. The highest BCUT2D eigenvalue weighted by Crippen LogP contribution is 2.25. The summed E-state index contributed by atoms with van der Waals surface area (Å²) in [6, 6.07) is 5.62. The van der Waals surface area contributed by atoms with Crippen LogP contribution in [0.25, 0.3) is 0 Å². The number of alkyl halides is 3. The molecule has 4 nitrogen and oxygen atoms in total. The molecular formula is C10H12F3NO3S. The molecule has 0 atom stereocenters. The monoisotopic (exact) mass is 283 g/mol. The van der Waals surface area contributed by atoms with E-state index in [1.807, 2.05) is 0 Å². The van der Waals surface area contributed by atoms with Crippen LogP contribution < -0.4 is 4.72 Å². The third-order valence-corrected chi connectivity index (χ3v) is 3.22. The van der Waals surface area contributed by atoms with Crippen LogP contribution in [0.15, 0.2) is 24.3 Å². The molecule has 0 saturated heterocycles. The fourth-order valence-corrected chi connectivity index (χ4v) is 1.84. The number of aliphatic hydroxyl groups excluding tert-OH is 1. The Morgan fingerprint density at radius 1 is 1.28 bits per heavy atom. The third-order valence-electron chi connectivity index (χ3n) is 2.11. The van der Waals surface area contributed by atoms with Crippen LogP contribution in [-0.2, 0) is 16.4 Å². The lowest BCUT2D eigenvalue weighted by Crippen LogP contribution is -2.29. The second kappa shape index (κ2) is 5.57. The van der Waals surface area contributed by atoms with Gasteiger partial charge in [0.2, 0.25) is 0 Å². The number of nitrogens with one attached hydrogen (secondary N) is 1. The van der Waals surface area contributed by atoms with E-state index in [0.717, 1.165) is 0 Å². The van der Waals surface area contributed by atoms with Crippen LogP contribution in [0.3, 0.4) is 0 Å². The van der Waals surface area contributed by atoms with Gasteiger partial charge < -0.3 is 5.11 Å². The quantitative estimate of drug-likeness (QED) is 0.867. The predicted octanol–water partition coefficient (Wildman–Crippen LogP) is 1.87. The summed E-state index contributed by atoms with van der Waals surface area (Å²) in [6.07, 6.45) is 0.910. The average molecular weight is 283 g/mol. The number of benzene rings is 1. The van der Waals surface area contributed by atoms with Crippen molar-refractivity contribution < 1.29 is 26.7 Å². The van der Waals surface area contributed by atoms with Gasteiger partial charge in [-0.1, -0.05) is 12.1 Å². The fraction of sp³-hybridized carbons (Fsp3) is 0.400. The zero-order valence-corrected chi connectivity index (χ0v) is 10.1. The molecule has 0 aliphatic rings. The van der Waals surface area contributed by atoms with E-state index in [4.69, 9.17) is 5.11 Å². The Labute approximate surface area is 102 Å². The highest BCUT2D eigenvalue weighted by Gasteiger charge is 2.45. The lowest BCUT2D eigenvalue weighted by Gasteiger charge is -2.11. The van der Waals surface area contributed by atoms with Gasteiger partial charge in [0.15, 0.2) is 0 Å². The number of anilines is 1. The van der Waals surface area contributed by atoms with E-state index in [1.165, 1.54) is 22.9 Å². The Hall–Kier alpha value is -1.28. The van der Waals surface area contributed by atoms with Crippen molar-refractivity contribution in [3.63, 3.8) is 0 Å². The molecule has 1 rings (SSSR count). The third kappa shape index (κ3) is 3.88. The van der Waals surface area contributed by atoms with E-state index >= 15 is 0 Å². The number of aryl methyl sites for hydroxylation is 1. The summed E-state index contributed by atoms with van der Waals surface area (Å²) in [4.78, 5) is 0. The minimum Gasteiger partial charge on any atom is -0.396 e. The van der Waals surface area contributed by atoms with Gasteiger partial charge in [-0.05, 0) is 30.5 Å². The molecule has 0 aliphatic carbocycles. The first-order valence-electron chi connectivity index (χ1n) is 5.05. The number of halogens is 3. The summed E-state index contributed by atoms with van der Waals surface area (Å²) < 4.78 is 59.6.